The molecule has 5 heteroatoms. The molecule has 0 radical (unpaired) electrons. The Balaban J connectivity index is 3.29. The molecule has 148 valence electrons. The Labute approximate surface area is 150 Å². The van der Waals surface area contributed by atoms with E-state index in [1.807, 2.05) is 0 Å². The van der Waals surface area contributed by atoms with Crippen molar-refractivity contribution in [3.63, 3.8) is 0 Å². The first-order valence-electron chi connectivity index (χ1n) is 9.99. The average molecular weight is 364 g/mol. The van der Waals surface area contributed by atoms with Crippen molar-refractivity contribution in [3.8, 4) is 0 Å². The Morgan fingerprint density at radius 3 is 1.36 bits per heavy atom. The summed E-state index contributed by atoms with van der Waals surface area (Å²) in [6.07, 6.45) is 10.9. The van der Waals surface area contributed by atoms with Crippen LogP contribution in [0.3, 0.4) is 0 Å². The molecule has 0 aliphatic heterocycles. The first-order chi connectivity index (χ1) is 11.9. The molecule has 0 saturated carbocycles. The number of ketones is 2. The minimum absolute atomic E-state index is 0.0832. The van der Waals surface area contributed by atoms with Crippen molar-refractivity contribution in [2.75, 3.05) is 0 Å². The average Bonchev–Trinajstić information content (AvgIpc) is 2.54. The molecule has 0 aliphatic carbocycles. The molecule has 0 saturated heterocycles. The van der Waals surface area contributed by atoms with Gasteiger partial charge in [-0.2, -0.15) is 13.2 Å². The molecule has 0 bridgehead atoms. The number of hydrogen-bond donors (Lipinski definition) is 0. The molecule has 0 unspecified atom stereocenters. The lowest BCUT2D eigenvalue weighted by Crippen LogP contribution is -2.25. The van der Waals surface area contributed by atoms with Gasteiger partial charge < -0.3 is 0 Å². The number of hydrogen-bond acceptors (Lipinski definition) is 2. The van der Waals surface area contributed by atoms with Crippen molar-refractivity contribution in [3.05, 3.63) is 0 Å². The Kier molecular flexibility index (Phi) is 14.9. The molecule has 0 aromatic heterocycles. The molecule has 0 spiro atoms. The maximum Gasteiger partial charge on any atom is 0.450 e. The number of rotatable bonds is 17. The molecule has 0 atom stereocenters. The minimum atomic E-state index is -4.88. The van der Waals surface area contributed by atoms with Crippen molar-refractivity contribution in [2.45, 2.75) is 116 Å². The predicted molar refractivity (Wildman–Crippen MR) is 95.6 cm³/mol. The fourth-order valence-electron chi connectivity index (χ4n) is 2.88. The van der Waals surface area contributed by atoms with Crippen molar-refractivity contribution >= 4 is 11.6 Å². The highest BCUT2D eigenvalue weighted by Gasteiger charge is 2.38. The third kappa shape index (κ3) is 16.4. The molecule has 0 heterocycles. The lowest BCUT2D eigenvalue weighted by molar-refractivity contribution is -0.171. The number of carbonyl (C=O) groups excluding carboxylic acids is 2. The van der Waals surface area contributed by atoms with Crippen LogP contribution in [0.2, 0.25) is 0 Å². The normalized spacial score (nSPS) is 11.7. The fraction of sp³-hybridized carbons (Fsp3) is 0.900. The van der Waals surface area contributed by atoms with Gasteiger partial charge in [-0.3, -0.25) is 9.59 Å². The quantitative estimate of drug-likeness (QED) is 0.207. The van der Waals surface area contributed by atoms with E-state index in [9.17, 15) is 22.8 Å². The summed E-state index contributed by atoms with van der Waals surface area (Å²) < 4.78 is 36.0. The number of alkyl halides is 3. The van der Waals surface area contributed by atoms with Gasteiger partial charge in [0, 0.05) is 6.42 Å². The molecule has 0 aliphatic rings. The third-order valence-electron chi connectivity index (χ3n) is 4.48. The molecule has 0 amide bonds. The summed E-state index contributed by atoms with van der Waals surface area (Å²) in [6, 6.07) is 0. The second-order valence-corrected chi connectivity index (χ2v) is 6.98. The predicted octanol–water partition coefficient (Wildman–Crippen LogP) is 6.95. The maximum atomic E-state index is 12.0. The first kappa shape index (κ1) is 24.1. The minimum Gasteiger partial charge on any atom is -0.299 e. The molecule has 0 fully saturated rings. The Bertz CT molecular complexity index is 351. The van der Waals surface area contributed by atoms with Crippen LogP contribution in [-0.4, -0.2) is 17.7 Å². The first-order valence-corrected chi connectivity index (χ1v) is 9.99. The van der Waals surface area contributed by atoms with Crippen molar-refractivity contribution in [2.24, 2.45) is 0 Å². The number of carbonyl (C=O) groups is 2. The van der Waals surface area contributed by atoms with E-state index in [0.717, 1.165) is 19.3 Å². The van der Waals surface area contributed by atoms with Gasteiger partial charge >= 0.3 is 6.18 Å². The number of halogens is 3. The lowest BCUT2D eigenvalue weighted by atomic mass is 10.0. The lowest BCUT2D eigenvalue weighted by Gasteiger charge is -2.05. The second kappa shape index (κ2) is 15.4. The van der Waals surface area contributed by atoms with Crippen LogP contribution in [-0.2, 0) is 9.59 Å². The zero-order valence-corrected chi connectivity index (χ0v) is 15.8. The van der Waals surface area contributed by atoms with E-state index in [-0.39, 0.29) is 6.42 Å². The Hall–Kier alpha value is -0.870. The van der Waals surface area contributed by atoms with Gasteiger partial charge in [0.15, 0.2) is 0 Å². The molecule has 0 N–H and O–H groups in total. The van der Waals surface area contributed by atoms with Crippen LogP contribution in [0.15, 0.2) is 0 Å². The SMILES string of the molecule is CCCCCCCCCCCCCCCCC(=O)CC(=O)C(F)(F)F. The van der Waals surface area contributed by atoms with Crippen LogP contribution in [0.5, 0.6) is 0 Å². The summed E-state index contributed by atoms with van der Waals surface area (Å²) in [6.45, 7) is 2.23. The van der Waals surface area contributed by atoms with Gasteiger partial charge in [-0.15, -0.1) is 0 Å². The third-order valence-corrected chi connectivity index (χ3v) is 4.48. The van der Waals surface area contributed by atoms with Crippen molar-refractivity contribution in [1.82, 2.24) is 0 Å². The van der Waals surface area contributed by atoms with Crippen molar-refractivity contribution in [1.29, 1.82) is 0 Å². The van der Waals surface area contributed by atoms with Crippen LogP contribution in [0, 0.1) is 0 Å². The van der Waals surface area contributed by atoms with Gasteiger partial charge in [0.25, 0.3) is 0 Å². The van der Waals surface area contributed by atoms with Crippen LogP contribution < -0.4 is 0 Å². The van der Waals surface area contributed by atoms with E-state index in [0.29, 0.717) is 6.42 Å². The van der Waals surface area contributed by atoms with Gasteiger partial charge in [0.2, 0.25) is 5.78 Å². The molecule has 25 heavy (non-hydrogen) atoms. The van der Waals surface area contributed by atoms with Gasteiger partial charge in [0.05, 0.1) is 6.42 Å². The smallest absolute Gasteiger partial charge is 0.299 e. The Morgan fingerprint density at radius 1 is 0.640 bits per heavy atom. The van der Waals surface area contributed by atoms with Crippen LogP contribution in [0.4, 0.5) is 13.2 Å². The van der Waals surface area contributed by atoms with Crippen LogP contribution in [0.1, 0.15) is 110 Å². The van der Waals surface area contributed by atoms with Gasteiger partial charge in [-0.25, -0.2) is 0 Å². The molecule has 2 nitrogen and oxygen atoms in total. The highest BCUT2D eigenvalue weighted by Crippen LogP contribution is 2.19. The van der Waals surface area contributed by atoms with E-state index in [1.165, 1.54) is 64.2 Å². The molecule has 0 rings (SSSR count). The summed E-state index contributed by atoms with van der Waals surface area (Å²) in [5.74, 6) is -2.52. The van der Waals surface area contributed by atoms with Crippen LogP contribution in [0.25, 0.3) is 0 Å². The standard InChI is InChI=1S/C20H35F3O2/c1-2-3-4-5-6-7-8-9-10-11-12-13-14-15-16-18(24)17-19(25)20(21,22)23/h2-17H2,1H3. The molecule has 0 aromatic carbocycles. The van der Waals surface area contributed by atoms with Crippen molar-refractivity contribution < 1.29 is 22.8 Å². The number of unbranched alkanes of at least 4 members (excludes halogenated alkanes) is 13. The largest absolute Gasteiger partial charge is 0.450 e. The highest BCUT2D eigenvalue weighted by molar-refractivity contribution is 6.01. The van der Waals surface area contributed by atoms with Gasteiger partial charge in [-0.05, 0) is 6.42 Å². The second-order valence-electron chi connectivity index (χ2n) is 6.98. The summed E-state index contributed by atoms with van der Waals surface area (Å²) in [5.41, 5.74) is 0. The Morgan fingerprint density at radius 2 is 1.00 bits per heavy atom. The zero-order valence-electron chi connectivity index (χ0n) is 15.8. The summed E-state index contributed by atoms with van der Waals surface area (Å²) in [4.78, 5) is 22.0. The van der Waals surface area contributed by atoms with Gasteiger partial charge in [0.1, 0.15) is 5.78 Å². The highest BCUT2D eigenvalue weighted by atomic mass is 19.4. The summed E-state index contributed by atoms with van der Waals surface area (Å²) in [7, 11) is 0. The van der Waals surface area contributed by atoms with E-state index in [1.54, 1.807) is 0 Å². The molecule has 0 aromatic rings. The van der Waals surface area contributed by atoms with E-state index >= 15 is 0 Å². The maximum absolute atomic E-state index is 12.0. The van der Waals surface area contributed by atoms with Gasteiger partial charge in [-0.1, -0.05) is 90.4 Å². The monoisotopic (exact) mass is 364 g/mol. The fourth-order valence-corrected chi connectivity index (χ4v) is 2.88. The molecular weight excluding hydrogens is 329 g/mol. The summed E-state index contributed by atoms with van der Waals surface area (Å²) >= 11 is 0. The van der Waals surface area contributed by atoms with E-state index in [4.69, 9.17) is 0 Å². The van der Waals surface area contributed by atoms with E-state index in [2.05, 4.69) is 6.92 Å². The summed E-state index contributed by atoms with van der Waals surface area (Å²) in [5, 5.41) is 0. The van der Waals surface area contributed by atoms with Crippen LogP contribution >= 0.6 is 0 Å². The molecular formula is C20H35F3O2. The zero-order chi connectivity index (χ0) is 19.0. The van der Waals surface area contributed by atoms with E-state index < -0.39 is 24.2 Å². The topological polar surface area (TPSA) is 34.1 Å². The number of Topliss-reactive ketones (excluding diaryl/α,β-unsaturated/α-hetero) is 2.